The molecule has 1 amide bonds. The Labute approximate surface area is 185 Å². The van der Waals surface area contributed by atoms with Crippen molar-refractivity contribution < 1.29 is 19.0 Å². The first-order valence-corrected chi connectivity index (χ1v) is 11.0. The maximum absolute atomic E-state index is 12.3. The van der Waals surface area contributed by atoms with Crippen LogP contribution in [0.1, 0.15) is 30.4 Å². The summed E-state index contributed by atoms with van der Waals surface area (Å²) < 4.78 is 18.8. The van der Waals surface area contributed by atoms with E-state index in [1.54, 1.807) is 32.3 Å². The molecule has 0 fully saturated rings. The number of nitrogens with one attached hydrogen (secondary N) is 1. The van der Waals surface area contributed by atoms with Gasteiger partial charge in [0.25, 0.3) is 0 Å². The second-order valence-electron chi connectivity index (χ2n) is 7.37. The lowest BCUT2D eigenvalue weighted by Crippen LogP contribution is -2.12. The zero-order chi connectivity index (χ0) is 22.0. The number of aromatic nitrogens is 2. The number of rotatable bonds is 6. The lowest BCUT2D eigenvalue weighted by Gasteiger charge is -2.20. The molecule has 0 saturated carbocycles. The molecule has 1 aromatic heterocycles. The van der Waals surface area contributed by atoms with Gasteiger partial charge >= 0.3 is 0 Å². The molecule has 8 heteroatoms. The largest absolute Gasteiger partial charge is 0.497 e. The molecular weight excluding hydrogens is 414 g/mol. The van der Waals surface area contributed by atoms with Gasteiger partial charge in [0.05, 0.1) is 42.7 Å². The minimum atomic E-state index is -0.135. The van der Waals surface area contributed by atoms with E-state index in [1.165, 1.54) is 0 Å². The highest BCUT2D eigenvalue weighted by molar-refractivity contribution is 8.00. The summed E-state index contributed by atoms with van der Waals surface area (Å²) in [4.78, 5) is 16.8. The average Bonchev–Trinajstić information content (AvgIpc) is 3.09. The molecule has 1 atom stereocenters. The van der Waals surface area contributed by atoms with Gasteiger partial charge in [-0.1, -0.05) is 12.1 Å². The summed E-state index contributed by atoms with van der Waals surface area (Å²) in [6.45, 7) is 3.95. The molecule has 2 heterocycles. The Morgan fingerprint density at radius 2 is 1.97 bits per heavy atom. The Hall–Kier alpha value is -3.13. The number of amides is 1. The van der Waals surface area contributed by atoms with Gasteiger partial charge < -0.3 is 19.5 Å². The lowest BCUT2D eigenvalue weighted by atomic mass is 10.1. The molecular formula is C23H25N3O4S. The first-order chi connectivity index (χ1) is 15.0. The van der Waals surface area contributed by atoms with E-state index in [1.807, 2.05) is 60.9 Å². The van der Waals surface area contributed by atoms with Crippen LogP contribution >= 0.6 is 11.8 Å². The number of nitrogens with zero attached hydrogens (tertiary/aromatic N) is 2. The standard InChI is InChI=1S/C23H25N3O4S/c1-14(2)30-18-9-8-15(10-19(18)29-4)22-21-23(25-20(27)12-31-22)24-13-26(21)16-6-5-7-17(11-16)28-3/h5-11,13-14,22H,12H2,1-4H3,(H,25,27). The van der Waals surface area contributed by atoms with Crippen LogP contribution in [0.2, 0.25) is 0 Å². The lowest BCUT2D eigenvalue weighted by molar-refractivity contribution is -0.113. The second kappa shape index (κ2) is 8.93. The normalized spacial score (nSPS) is 15.8. The fraction of sp³-hybridized carbons (Fsp3) is 0.304. The number of hydrogen-bond acceptors (Lipinski definition) is 6. The van der Waals surface area contributed by atoms with Crippen LogP contribution in [-0.2, 0) is 4.79 Å². The predicted molar refractivity (Wildman–Crippen MR) is 122 cm³/mol. The molecule has 0 aliphatic carbocycles. The Morgan fingerprint density at radius 1 is 1.13 bits per heavy atom. The number of carbonyl (C=O) groups is 1. The average molecular weight is 440 g/mol. The van der Waals surface area contributed by atoms with Crippen molar-refractivity contribution in [1.29, 1.82) is 0 Å². The Bertz CT molecular complexity index is 1100. The summed E-state index contributed by atoms with van der Waals surface area (Å²) in [7, 11) is 3.27. The summed E-state index contributed by atoms with van der Waals surface area (Å²) in [6, 6.07) is 13.7. The monoisotopic (exact) mass is 439 g/mol. The van der Waals surface area contributed by atoms with Crippen molar-refractivity contribution in [3.63, 3.8) is 0 Å². The van der Waals surface area contributed by atoms with Crippen LogP contribution in [0.4, 0.5) is 5.82 Å². The fourth-order valence-corrected chi connectivity index (χ4v) is 4.64. The summed E-state index contributed by atoms with van der Waals surface area (Å²) in [5.74, 6) is 2.91. The minimum absolute atomic E-state index is 0.0370. The van der Waals surface area contributed by atoms with E-state index >= 15 is 0 Å². The molecule has 3 aromatic rings. The fourth-order valence-electron chi connectivity index (χ4n) is 3.53. The quantitative estimate of drug-likeness (QED) is 0.612. The van der Waals surface area contributed by atoms with E-state index in [4.69, 9.17) is 14.2 Å². The zero-order valence-electron chi connectivity index (χ0n) is 17.9. The van der Waals surface area contributed by atoms with E-state index in [0.717, 1.165) is 22.7 Å². The number of carbonyl (C=O) groups excluding carboxylic acids is 1. The number of benzene rings is 2. The van der Waals surface area contributed by atoms with Crippen molar-refractivity contribution in [3.8, 4) is 22.9 Å². The number of imidazole rings is 1. The Morgan fingerprint density at radius 3 is 2.71 bits per heavy atom. The van der Waals surface area contributed by atoms with E-state index in [9.17, 15) is 4.79 Å². The number of fused-ring (bicyclic) bond motifs is 1. The highest BCUT2D eigenvalue weighted by Crippen LogP contribution is 2.44. The van der Waals surface area contributed by atoms with Gasteiger partial charge in [-0.25, -0.2) is 4.98 Å². The van der Waals surface area contributed by atoms with Gasteiger partial charge in [-0.3, -0.25) is 9.36 Å². The molecule has 1 unspecified atom stereocenters. The molecule has 4 rings (SSSR count). The molecule has 162 valence electrons. The van der Waals surface area contributed by atoms with E-state index in [0.29, 0.717) is 23.1 Å². The molecule has 1 N–H and O–H groups in total. The molecule has 1 aliphatic rings. The van der Waals surface area contributed by atoms with Crippen LogP contribution in [0.5, 0.6) is 17.2 Å². The third-order valence-electron chi connectivity index (χ3n) is 4.88. The Balaban J connectivity index is 1.82. The SMILES string of the molecule is COc1cccc(-n2cnc3c2C(c2ccc(OC(C)C)c(OC)c2)SCC(=O)N3)c1. The van der Waals surface area contributed by atoms with Gasteiger partial charge in [-0.05, 0) is 43.7 Å². The van der Waals surface area contributed by atoms with Crippen molar-refractivity contribution in [2.45, 2.75) is 25.2 Å². The predicted octanol–water partition coefficient (Wildman–Crippen LogP) is 4.45. The van der Waals surface area contributed by atoms with Crippen molar-refractivity contribution in [3.05, 3.63) is 60.0 Å². The second-order valence-corrected chi connectivity index (χ2v) is 8.46. The molecule has 0 bridgehead atoms. The first-order valence-electron chi connectivity index (χ1n) is 9.98. The maximum atomic E-state index is 12.3. The van der Waals surface area contributed by atoms with Crippen LogP contribution < -0.4 is 19.5 Å². The minimum Gasteiger partial charge on any atom is -0.497 e. The van der Waals surface area contributed by atoms with E-state index in [2.05, 4.69) is 10.3 Å². The van der Waals surface area contributed by atoms with Gasteiger partial charge in [-0.15, -0.1) is 11.8 Å². The molecule has 31 heavy (non-hydrogen) atoms. The molecule has 0 saturated heterocycles. The zero-order valence-corrected chi connectivity index (χ0v) is 18.7. The van der Waals surface area contributed by atoms with Crippen LogP contribution in [0.25, 0.3) is 5.69 Å². The van der Waals surface area contributed by atoms with Crippen LogP contribution in [0.3, 0.4) is 0 Å². The molecule has 7 nitrogen and oxygen atoms in total. The van der Waals surface area contributed by atoms with Gasteiger partial charge in [0.2, 0.25) is 5.91 Å². The van der Waals surface area contributed by atoms with Crippen molar-refractivity contribution >= 4 is 23.5 Å². The number of methoxy groups -OCH3 is 2. The van der Waals surface area contributed by atoms with Gasteiger partial charge in [0.15, 0.2) is 17.3 Å². The molecule has 0 radical (unpaired) electrons. The Kier molecular flexibility index (Phi) is 6.08. The summed E-state index contributed by atoms with van der Waals surface area (Å²) in [5, 5.41) is 2.79. The third-order valence-corrected chi connectivity index (χ3v) is 6.13. The van der Waals surface area contributed by atoms with Crippen LogP contribution in [0, 0.1) is 0 Å². The first kappa shape index (κ1) is 21.1. The third kappa shape index (κ3) is 4.34. The summed E-state index contributed by atoms with van der Waals surface area (Å²) in [5.41, 5.74) is 2.80. The van der Waals surface area contributed by atoms with Crippen LogP contribution in [0.15, 0.2) is 48.8 Å². The maximum Gasteiger partial charge on any atom is 0.235 e. The van der Waals surface area contributed by atoms with Crippen molar-refractivity contribution in [2.75, 3.05) is 25.3 Å². The molecule has 0 spiro atoms. The number of ether oxygens (including phenoxy) is 3. The van der Waals surface area contributed by atoms with E-state index < -0.39 is 0 Å². The molecule has 1 aliphatic heterocycles. The van der Waals surface area contributed by atoms with Gasteiger partial charge in [0.1, 0.15) is 12.1 Å². The van der Waals surface area contributed by atoms with Crippen molar-refractivity contribution in [1.82, 2.24) is 9.55 Å². The number of thioether (sulfide) groups is 1. The smallest absolute Gasteiger partial charge is 0.235 e. The summed E-state index contributed by atoms with van der Waals surface area (Å²) in [6.07, 6.45) is 1.77. The number of anilines is 1. The van der Waals surface area contributed by atoms with Gasteiger partial charge in [0, 0.05) is 6.07 Å². The number of hydrogen-bond donors (Lipinski definition) is 1. The topological polar surface area (TPSA) is 74.6 Å². The highest BCUT2D eigenvalue weighted by Gasteiger charge is 2.30. The highest BCUT2D eigenvalue weighted by atomic mass is 32.2. The molecule has 2 aromatic carbocycles. The van der Waals surface area contributed by atoms with E-state index in [-0.39, 0.29) is 17.3 Å². The van der Waals surface area contributed by atoms with Gasteiger partial charge in [-0.2, -0.15) is 0 Å². The summed E-state index contributed by atoms with van der Waals surface area (Å²) >= 11 is 1.55. The van der Waals surface area contributed by atoms with Crippen LogP contribution in [-0.4, -0.2) is 41.5 Å². The van der Waals surface area contributed by atoms with Crippen molar-refractivity contribution in [2.24, 2.45) is 0 Å².